The number of aryl methyl sites for hydroxylation is 1. The molecule has 0 aliphatic rings. The van der Waals surface area contributed by atoms with Gasteiger partial charge < -0.3 is 14.6 Å². The van der Waals surface area contributed by atoms with Gasteiger partial charge in [-0.3, -0.25) is 4.79 Å². The summed E-state index contributed by atoms with van der Waals surface area (Å²) in [5, 5.41) is 3.06. The number of anilines is 1. The molecule has 2 aromatic carbocycles. The molecule has 0 aliphatic heterocycles. The van der Waals surface area contributed by atoms with Crippen LogP contribution in [0, 0.1) is 13.8 Å². The maximum atomic E-state index is 12.7. The second-order valence-corrected chi connectivity index (χ2v) is 6.42. The number of nitrogens with zero attached hydrogens (tertiary/aromatic N) is 1. The van der Waals surface area contributed by atoms with E-state index < -0.39 is 0 Å². The molecule has 0 radical (unpaired) electrons. The summed E-state index contributed by atoms with van der Waals surface area (Å²) in [4.78, 5) is 12.7. The number of amides is 1. The molecule has 4 heteroatoms. The first-order valence-corrected chi connectivity index (χ1v) is 8.71. The van der Waals surface area contributed by atoms with Crippen LogP contribution in [0.4, 0.5) is 5.69 Å². The number of hydrogen-bond acceptors (Lipinski definition) is 2. The van der Waals surface area contributed by atoms with Crippen molar-refractivity contribution in [3.05, 3.63) is 83.7 Å². The van der Waals surface area contributed by atoms with E-state index in [9.17, 15) is 4.79 Å². The van der Waals surface area contributed by atoms with Crippen LogP contribution in [0.5, 0.6) is 5.75 Å². The van der Waals surface area contributed by atoms with Crippen molar-refractivity contribution in [3.63, 3.8) is 0 Å². The average molecular weight is 348 g/mol. The van der Waals surface area contributed by atoms with E-state index in [2.05, 4.69) is 9.88 Å². The van der Waals surface area contributed by atoms with E-state index in [1.807, 2.05) is 80.8 Å². The van der Waals surface area contributed by atoms with Gasteiger partial charge in [-0.15, -0.1) is 0 Å². The van der Waals surface area contributed by atoms with Crippen molar-refractivity contribution in [2.24, 2.45) is 0 Å². The lowest BCUT2D eigenvalue weighted by atomic mass is 10.0. The number of nitrogens with one attached hydrogen (secondary N) is 1. The molecule has 0 unspecified atom stereocenters. The van der Waals surface area contributed by atoms with E-state index in [0.717, 1.165) is 22.6 Å². The van der Waals surface area contributed by atoms with Crippen LogP contribution in [0.15, 0.2) is 67.0 Å². The zero-order valence-electron chi connectivity index (χ0n) is 15.4. The van der Waals surface area contributed by atoms with Crippen LogP contribution in [0.3, 0.4) is 0 Å². The van der Waals surface area contributed by atoms with Gasteiger partial charge in [-0.05, 0) is 60.9 Å². The first-order chi connectivity index (χ1) is 12.6. The molecular weight excluding hydrogens is 324 g/mol. The normalized spacial score (nSPS) is 11.8. The lowest BCUT2D eigenvalue weighted by Gasteiger charge is -2.20. The van der Waals surface area contributed by atoms with Gasteiger partial charge in [0.2, 0.25) is 5.91 Å². The third-order valence-corrected chi connectivity index (χ3v) is 4.75. The molecule has 0 fully saturated rings. The second kappa shape index (κ2) is 7.91. The van der Waals surface area contributed by atoms with E-state index in [-0.39, 0.29) is 11.9 Å². The van der Waals surface area contributed by atoms with Gasteiger partial charge in [-0.2, -0.15) is 0 Å². The summed E-state index contributed by atoms with van der Waals surface area (Å²) in [6.45, 7) is 4.07. The Morgan fingerprint density at radius 2 is 1.73 bits per heavy atom. The highest BCUT2D eigenvalue weighted by Gasteiger charge is 2.18. The Balaban J connectivity index is 1.81. The summed E-state index contributed by atoms with van der Waals surface area (Å²) in [6, 6.07) is 17.7. The quantitative estimate of drug-likeness (QED) is 0.700. The predicted molar refractivity (Wildman–Crippen MR) is 105 cm³/mol. The molecule has 0 spiro atoms. The van der Waals surface area contributed by atoms with E-state index in [1.54, 1.807) is 7.11 Å². The van der Waals surface area contributed by atoms with Crippen molar-refractivity contribution in [1.29, 1.82) is 0 Å². The zero-order chi connectivity index (χ0) is 18.5. The summed E-state index contributed by atoms with van der Waals surface area (Å²) in [5.41, 5.74) is 4.21. The van der Waals surface area contributed by atoms with Crippen molar-refractivity contribution in [1.82, 2.24) is 4.57 Å². The fraction of sp³-hybridized carbons (Fsp3) is 0.227. The average Bonchev–Trinajstić information content (AvgIpc) is 3.18. The van der Waals surface area contributed by atoms with Gasteiger partial charge in [-0.1, -0.05) is 24.3 Å². The van der Waals surface area contributed by atoms with Gasteiger partial charge in [-0.25, -0.2) is 0 Å². The summed E-state index contributed by atoms with van der Waals surface area (Å²) < 4.78 is 7.30. The highest BCUT2D eigenvalue weighted by atomic mass is 16.5. The monoisotopic (exact) mass is 348 g/mol. The molecule has 1 aromatic heterocycles. The Bertz CT molecular complexity index is 868. The van der Waals surface area contributed by atoms with Gasteiger partial charge >= 0.3 is 0 Å². The van der Waals surface area contributed by atoms with Crippen LogP contribution in [0.2, 0.25) is 0 Å². The first-order valence-electron chi connectivity index (χ1n) is 8.71. The van der Waals surface area contributed by atoms with Gasteiger partial charge in [0.25, 0.3) is 0 Å². The van der Waals surface area contributed by atoms with Crippen molar-refractivity contribution in [2.75, 3.05) is 12.4 Å². The Hall–Kier alpha value is -3.01. The van der Waals surface area contributed by atoms with Crippen LogP contribution in [0.1, 0.15) is 29.2 Å². The molecule has 3 aromatic rings. The van der Waals surface area contributed by atoms with Crippen molar-refractivity contribution < 1.29 is 9.53 Å². The number of carbonyl (C=O) groups excluding carboxylic acids is 1. The molecule has 134 valence electrons. The molecule has 1 amide bonds. The van der Waals surface area contributed by atoms with E-state index >= 15 is 0 Å². The van der Waals surface area contributed by atoms with Crippen LogP contribution < -0.4 is 10.1 Å². The first kappa shape index (κ1) is 17.8. The summed E-state index contributed by atoms with van der Waals surface area (Å²) >= 11 is 0. The number of hydrogen-bond donors (Lipinski definition) is 1. The number of carbonyl (C=O) groups is 1. The van der Waals surface area contributed by atoms with Gasteiger partial charge in [0.1, 0.15) is 5.75 Å². The number of rotatable bonds is 6. The lowest BCUT2D eigenvalue weighted by Crippen LogP contribution is -2.20. The molecule has 1 N–H and O–H groups in total. The molecular formula is C22H24N2O2. The second-order valence-electron chi connectivity index (χ2n) is 6.42. The molecule has 0 saturated carbocycles. The van der Waals surface area contributed by atoms with E-state index in [0.29, 0.717) is 6.42 Å². The van der Waals surface area contributed by atoms with Crippen LogP contribution in [0.25, 0.3) is 0 Å². The number of methoxy groups -OCH3 is 1. The van der Waals surface area contributed by atoms with Crippen molar-refractivity contribution >= 4 is 11.6 Å². The molecule has 0 saturated heterocycles. The highest BCUT2D eigenvalue weighted by molar-refractivity contribution is 5.92. The summed E-state index contributed by atoms with van der Waals surface area (Å²) in [7, 11) is 1.65. The molecule has 4 nitrogen and oxygen atoms in total. The van der Waals surface area contributed by atoms with Crippen LogP contribution >= 0.6 is 0 Å². The fourth-order valence-corrected chi connectivity index (χ4v) is 3.04. The molecule has 1 heterocycles. The minimum atomic E-state index is -0.0685. The lowest BCUT2D eigenvalue weighted by molar-refractivity contribution is -0.116. The fourth-order valence-electron chi connectivity index (χ4n) is 3.04. The molecule has 0 bridgehead atoms. The Morgan fingerprint density at radius 1 is 1.04 bits per heavy atom. The number of ether oxygens (including phenoxy) is 1. The van der Waals surface area contributed by atoms with Gasteiger partial charge in [0.05, 0.1) is 19.6 Å². The topological polar surface area (TPSA) is 43.3 Å². The third-order valence-electron chi connectivity index (χ3n) is 4.75. The molecule has 3 rings (SSSR count). The summed E-state index contributed by atoms with van der Waals surface area (Å²) in [6.07, 6.45) is 4.33. The number of benzene rings is 2. The Labute approximate surface area is 154 Å². The smallest absolute Gasteiger partial charge is 0.226 e. The van der Waals surface area contributed by atoms with Crippen LogP contribution in [-0.4, -0.2) is 17.6 Å². The SMILES string of the molecule is COc1ccc([C@@H](CC(=O)Nc2cccc(C)c2C)n2cccc2)cc1. The van der Waals surface area contributed by atoms with E-state index in [4.69, 9.17) is 4.74 Å². The van der Waals surface area contributed by atoms with Crippen LogP contribution in [-0.2, 0) is 4.79 Å². The maximum Gasteiger partial charge on any atom is 0.226 e. The molecule has 26 heavy (non-hydrogen) atoms. The minimum Gasteiger partial charge on any atom is -0.497 e. The van der Waals surface area contributed by atoms with Gasteiger partial charge in [0, 0.05) is 18.1 Å². The van der Waals surface area contributed by atoms with Crippen molar-refractivity contribution in [3.8, 4) is 5.75 Å². The Morgan fingerprint density at radius 3 is 2.38 bits per heavy atom. The Kier molecular flexibility index (Phi) is 5.42. The summed E-state index contributed by atoms with van der Waals surface area (Å²) in [5.74, 6) is 0.799. The minimum absolute atomic E-state index is 0.00628. The molecule has 1 atom stereocenters. The van der Waals surface area contributed by atoms with Gasteiger partial charge in [0.15, 0.2) is 0 Å². The van der Waals surface area contributed by atoms with E-state index in [1.165, 1.54) is 5.56 Å². The highest BCUT2D eigenvalue weighted by Crippen LogP contribution is 2.26. The zero-order valence-corrected chi connectivity index (χ0v) is 15.4. The third kappa shape index (κ3) is 3.97. The predicted octanol–water partition coefficient (Wildman–Crippen LogP) is 4.73. The molecule has 0 aliphatic carbocycles. The van der Waals surface area contributed by atoms with Crippen molar-refractivity contribution in [2.45, 2.75) is 26.3 Å². The number of aromatic nitrogens is 1. The largest absolute Gasteiger partial charge is 0.497 e. The standard InChI is InChI=1S/C22H24N2O2/c1-16-7-6-8-20(17(16)2)23-22(25)15-21(24-13-4-5-14-24)18-9-11-19(26-3)12-10-18/h4-14,21H,15H2,1-3H3,(H,23,25)/t21-/m1/s1. The maximum absolute atomic E-state index is 12.7.